The highest BCUT2D eigenvalue weighted by Crippen LogP contribution is 2.30. The number of esters is 1. The van der Waals surface area contributed by atoms with Gasteiger partial charge >= 0.3 is 11.9 Å². The highest BCUT2D eigenvalue weighted by Gasteiger charge is 2.48. The van der Waals surface area contributed by atoms with E-state index in [1.165, 1.54) is 19.3 Å². The van der Waals surface area contributed by atoms with Crippen LogP contribution in [-0.4, -0.2) is 108 Å². The summed E-state index contributed by atoms with van der Waals surface area (Å²) in [7, 11) is 0. The first kappa shape index (κ1) is 35.2. The zero-order valence-electron chi connectivity index (χ0n) is 23.6. The molecule has 0 amide bonds. The molecular formula is C28H48O13. The lowest BCUT2D eigenvalue weighted by Crippen LogP contribution is -2.59. The van der Waals surface area contributed by atoms with Crippen molar-refractivity contribution in [1.82, 2.24) is 0 Å². The molecule has 13 heteroatoms. The SMILES string of the molecule is O=C(O)CCCCCCCCCCCCCCCC(O)[C@H](O)[C@H]1OC(=O)C(OC2O[C@H](CO)[C@@H](O)[C@H](O)[C@H]2O)=C1O. The van der Waals surface area contributed by atoms with Gasteiger partial charge in [0.15, 0.2) is 11.9 Å². The molecule has 0 radical (unpaired) electrons. The van der Waals surface area contributed by atoms with E-state index in [0.717, 1.165) is 57.8 Å². The summed E-state index contributed by atoms with van der Waals surface area (Å²) in [5.41, 5.74) is 0. The van der Waals surface area contributed by atoms with Crippen molar-refractivity contribution in [2.24, 2.45) is 0 Å². The van der Waals surface area contributed by atoms with E-state index in [1.54, 1.807) is 0 Å². The van der Waals surface area contributed by atoms with Gasteiger partial charge in [0, 0.05) is 6.42 Å². The number of carboxylic acids is 1. The minimum atomic E-state index is -1.82. The molecule has 13 nitrogen and oxygen atoms in total. The largest absolute Gasteiger partial charge is 0.505 e. The third kappa shape index (κ3) is 11.3. The molecule has 41 heavy (non-hydrogen) atoms. The molecule has 2 aliphatic rings. The lowest BCUT2D eigenvalue weighted by molar-refractivity contribution is -0.291. The number of rotatable bonds is 21. The molecule has 2 rings (SSSR count). The first-order valence-corrected chi connectivity index (χ1v) is 14.8. The van der Waals surface area contributed by atoms with E-state index in [2.05, 4.69) is 0 Å². The second-order valence-electron chi connectivity index (χ2n) is 10.9. The maximum Gasteiger partial charge on any atom is 0.378 e. The van der Waals surface area contributed by atoms with Crippen molar-refractivity contribution in [1.29, 1.82) is 0 Å². The summed E-state index contributed by atoms with van der Waals surface area (Å²) in [6.07, 6.45) is 1.04. The lowest BCUT2D eigenvalue weighted by Gasteiger charge is -2.39. The van der Waals surface area contributed by atoms with Crippen LogP contribution in [0.1, 0.15) is 96.3 Å². The molecule has 0 saturated carbocycles. The van der Waals surface area contributed by atoms with Gasteiger partial charge in [0.25, 0.3) is 0 Å². The third-order valence-corrected chi connectivity index (χ3v) is 7.60. The van der Waals surface area contributed by atoms with Gasteiger partial charge < -0.3 is 55.1 Å². The van der Waals surface area contributed by atoms with Crippen molar-refractivity contribution in [3.8, 4) is 0 Å². The van der Waals surface area contributed by atoms with Gasteiger partial charge in [-0.05, 0) is 12.8 Å². The maximum atomic E-state index is 12.2. The summed E-state index contributed by atoms with van der Waals surface area (Å²) in [6.45, 7) is -0.715. The number of hydrogen-bond donors (Lipinski definition) is 8. The number of unbranched alkanes of at least 4 members (excludes halogenated alkanes) is 12. The minimum Gasteiger partial charge on any atom is -0.505 e. The van der Waals surface area contributed by atoms with Gasteiger partial charge in [0.05, 0.1) is 12.7 Å². The van der Waals surface area contributed by atoms with Crippen molar-refractivity contribution >= 4 is 11.9 Å². The van der Waals surface area contributed by atoms with E-state index >= 15 is 0 Å². The average molecular weight is 593 g/mol. The van der Waals surface area contributed by atoms with Crippen LogP contribution in [0.15, 0.2) is 11.5 Å². The number of hydrogen-bond acceptors (Lipinski definition) is 12. The number of ether oxygens (including phenoxy) is 3. The predicted molar refractivity (Wildman–Crippen MR) is 143 cm³/mol. The Morgan fingerprint density at radius 1 is 0.805 bits per heavy atom. The zero-order valence-corrected chi connectivity index (χ0v) is 23.6. The van der Waals surface area contributed by atoms with E-state index in [1.807, 2.05) is 0 Å². The highest BCUT2D eigenvalue weighted by molar-refractivity contribution is 5.89. The fourth-order valence-corrected chi connectivity index (χ4v) is 5.03. The van der Waals surface area contributed by atoms with E-state index in [9.17, 15) is 45.3 Å². The van der Waals surface area contributed by atoms with Gasteiger partial charge in [-0.1, -0.05) is 77.0 Å². The standard InChI is InChI=1S/C28H48O13/c29-16-18-21(34)22(35)23(36)28(39-18)41-26-24(37)25(40-27(26)38)20(33)17(30)14-12-10-8-6-4-2-1-3-5-7-9-11-13-15-19(31)32/h17-18,20-23,25,28-30,33-37H,1-16H2,(H,31,32)/t17?,18-,20+,21-,22+,23-,25-,28?/m1/s1. The van der Waals surface area contributed by atoms with Crippen LogP contribution in [0.4, 0.5) is 0 Å². The topological polar surface area (TPSA) is 224 Å². The molecule has 1 saturated heterocycles. The van der Waals surface area contributed by atoms with Crippen molar-refractivity contribution < 1.29 is 64.7 Å². The Balaban J connectivity index is 1.61. The Kier molecular flexibility index (Phi) is 15.9. The fraction of sp³-hybridized carbons (Fsp3) is 0.857. The molecule has 8 atom stereocenters. The van der Waals surface area contributed by atoms with Crippen molar-refractivity contribution in [2.45, 2.75) is 145 Å². The van der Waals surface area contributed by atoms with Crippen LogP contribution in [0.3, 0.4) is 0 Å². The molecular weight excluding hydrogens is 544 g/mol. The Morgan fingerprint density at radius 3 is 1.83 bits per heavy atom. The number of aliphatic hydroxyl groups is 7. The molecule has 238 valence electrons. The van der Waals surface area contributed by atoms with Gasteiger partial charge in [-0.2, -0.15) is 0 Å². The Bertz CT molecular complexity index is 817. The highest BCUT2D eigenvalue weighted by atomic mass is 16.7. The summed E-state index contributed by atoms with van der Waals surface area (Å²) in [4.78, 5) is 22.7. The number of carboxylic acid groups (broad SMARTS) is 1. The van der Waals surface area contributed by atoms with Crippen LogP contribution in [-0.2, 0) is 23.8 Å². The Labute approximate surface area is 240 Å². The normalized spacial score (nSPS) is 28.0. The predicted octanol–water partition coefficient (Wildman–Crippen LogP) is 1.16. The minimum absolute atomic E-state index is 0.220. The first-order chi connectivity index (χ1) is 19.6. The van der Waals surface area contributed by atoms with Crippen LogP contribution in [0.5, 0.6) is 0 Å². The van der Waals surface area contributed by atoms with Crippen LogP contribution < -0.4 is 0 Å². The van der Waals surface area contributed by atoms with E-state index < -0.39 is 79.1 Å². The number of aliphatic hydroxyl groups excluding tert-OH is 7. The fourth-order valence-electron chi connectivity index (χ4n) is 5.03. The quantitative estimate of drug-likeness (QED) is 0.0693. The van der Waals surface area contributed by atoms with Crippen LogP contribution in [0, 0.1) is 0 Å². The molecule has 0 aromatic carbocycles. The summed E-state index contributed by atoms with van der Waals surface area (Å²) in [5.74, 6) is -3.49. The lowest BCUT2D eigenvalue weighted by atomic mass is 9.99. The molecule has 0 aromatic heterocycles. The van der Waals surface area contributed by atoms with Crippen LogP contribution in [0.25, 0.3) is 0 Å². The molecule has 1 fully saturated rings. The van der Waals surface area contributed by atoms with E-state index in [0.29, 0.717) is 6.42 Å². The Hall–Kier alpha value is -2.00. The summed E-state index contributed by atoms with van der Waals surface area (Å²) >= 11 is 0. The number of aliphatic carboxylic acids is 1. The average Bonchev–Trinajstić information content (AvgIpc) is 3.22. The van der Waals surface area contributed by atoms with Gasteiger partial charge in [-0.15, -0.1) is 0 Å². The number of cyclic esters (lactones) is 1. The van der Waals surface area contributed by atoms with Crippen molar-refractivity contribution in [3.63, 3.8) is 0 Å². The van der Waals surface area contributed by atoms with Crippen LogP contribution in [0.2, 0.25) is 0 Å². The van der Waals surface area contributed by atoms with Gasteiger partial charge in [-0.25, -0.2) is 4.79 Å². The van der Waals surface area contributed by atoms with Gasteiger partial charge in [0.1, 0.15) is 30.5 Å². The first-order valence-electron chi connectivity index (χ1n) is 14.8. The molecule has 0 aliphatic carbocycles. The smallest absolute Gasteiger partial charge is 0.378 e. The summed E-state index contributed by atoms with van der Waals surface area (Å²) in [5, 5.41) is 79.0. The monoisotopic (exact) mass is 592 g/mol. The maximum absolute atomic E-state index is 12.2. The Morgan fingerprint density at radius 2 is 1.32 bits per heavy atom. The van der Waals surface area contributed by atoms with Crippen molar-refractivity contribution in [2.75, 3.05) is 6.61 Å². The second kappa shape index (κ2) is 18.5. The van der Waals surface area contributed by atoms with Crippen molar-refractivity contribution in [3.05, 3.63) is 11.5 Å². The van der Waals surface area contributed by atoms with Gasteiger partial charge in [0.2, 0.25) is 12.0 Å². The molecule has 0 bridgehead atoms. The van der Waals surface area contributed by atoms with Gasteiger partial charge in [-0.3, -0.25) is 4.79 Å². The molecule has 2 heterocycles. The summed E-state index contributed by atoms with van der Waals surface area (Å²) in [6, 6.07) is 0. The zero-order chi connectivity index (χ0) is 30.4. The molecule has 8 N–H and O–H groups in total. The van der Waals surface area contributed by atoms with E-state index in [4.69, 9.17) is 19.3 Å². The summed E-state index contributed by atoms with van der Waals surface area (Å²) < 4.78 is 15.3. The molecule has 2 aliphatic heterocycles. The third-order valence-electron chi connectivity index (χ3n) is 7.60. The number of carbonyl (C=O) groups excluding carboxylic acids is 1. The molecule has 2 unspecified atom stereocenters. The second-order valence-corrected chi connectivity index (χ2v) is 10.9. The van der Waals surface area contributed by atoms with Crippen LogP contribution >= 0.6 is 0 Å². The number of carbonyl (C=O) groups is 2. The molecule has 0 spiro atoms. The van der Waals surface area contributed by atoms with E-state index in [-0.39, 0.29) is 12.8 Å². The molecule has 0 aromatic rings.